The molecule has 3 rings (SSSR count). The third-order valence-electron chi connectivity index (χ3n) is 4.15. The molecule has 2 N–H and O–H groups in total. The fraction of sp³-hybridized carbons (Fsp3) is 0.130. The van der Waals surface area contributed by atoms with E-state index in [0.29, 0.717) is 17.0 Å². The van der Waals surface area contributed by atoms with Gasteiger partial charge in [0.2, 0.25) is 5.91 Å². The number of nitrogens with one attached hydrogen (secondary N) is 2. The molecule has 28 heavy (non-hydrogen) atoms. The molecule has 0 radical (unpaired) electrons. The van der Waals surface area contributed by atoms with Gasteiger partial charge >= 0.3 is 0 Å². The summed E-state index contributed by atoms with van der Waals surface area (Å²) in [7, 11) is 0. The minimum atomic E-state index is -0.317. The second-order valence-electron chi connectivity index (χ2n) is 6.22. The van der Waals surface area contributed by atoms with E-state index in [4.69, 9.17) is 4.74 Å². The number of para-hydroxylation sites is 1. The Bertz CT molecular complexity index is 920. The molecule has 0 fully saturated rings. The molecule has 5 nitrogen and oxygen atoms in total. The van der Waals surface area contributed by atoms with Crippen LogP contribution in [-0.2, 0) is 11.2 Å². The van der Waals surface area contributed by atoms with Crippen LogP contribution in [0.25, 0.3) is 0 Å². The minimum absolute atomic E-state index is 0.101. The number of hydrogen-bond donors (Lipinski definition) is 2. The summed E-state index contributed by atoms with van der Waals surface area (Å²) in [4.78, 5) is 24.2. The molecule has 0 saturated heterocycles. The summed E-state index contributed by atoms with van der Waals surface area (Å²) in [6.45, 7) is 1.97. The Balaban J connectivity index is 1.49. The van der Waals surface area contributed by atoms with E-state index in [1.54, 1.807) is 24.3 Å². The zero-order valence-electron chi connectivity index (χ0n) is 15.6. The molecule has 0 unspecified atom stereocenters. The van der Waals surface area contributed by atoms with Crippen LogP contribution >= 0.6 is 0 Å². The van der Waals surface area contributed by atoms with Gasteiger partial charge in [-0.05, 0) is 60.5 Å². The molecule has 3 aromatic carbocycles. The number of hydrogen-bond acceptors (Lipinski definition) is 3. The predicted molar refractivity (Wildman–Crippen MR) is 110 cm³/mol. The summed E-state index contributed by atoms with van der Waals surface area (Å²) in [6, 6.07) is 23.8. The fourth-order valence-electron chi connectivity index (χ4n) is 2.59. The molecule has 0 aliphatic carbocycles. The molecule has 0 atom stereocenters. The van der Waals surface area contributed by atoms with E-state index in [1.165, 1.54) is 5.56 Å². The van der Waals surface area contributed by atoms with Crippen LogP contribution in [0.3, 0.4) is 0 Å². The van der Waals surface area contributed by atoms with E-state index in [0.717, 1.165) is 12.2 Å². The number of benzene rings is 3. The van der Waals surface area contributed by atoms with Crippen LogP contribution < -0.4 is 15.4 Å². The first-order valence-electron chi connectivity index (χ1n) is 9.14. The topological polar surface area (TPSA) is 67.4 Å². The van der Waals surface area contributed by atoms with Crippen LogP contribution in [0.15, 0.2) is 78.9 Å². The predicted octanol–water partition coefficient (Wildman–Crippen LogP) is 4.41. The van der Waals surface area contributed by atoms with Crippen molar-refractivity contribution in [1.29, 1.82) is 0 Å². The smallest absolute Gasteiger partial charge is 0.251 e. The van der Waals surface area contributed by atoms with Crippen molar-refractivity contribution in [1.82, 2.24) is 5.32 Å². The lowest BCUT2D eigenvalue weighted by atomic mass is 10.1. The zero-order valence-corrected chi connectivity index (χ0v) is 15.6. The molecule has 0 bridgehead atoms. The van der Waals surface area contributed by atoms with Crippen molar-refractivity contribution < 1.29 is 14.3 Å². The van der Waals surface area contributed by atoms with Gasteiger partial charge in [-0.25, -0.2) is 0 Å². The van der Waals surface area contributed by atoms with Crippen molar-refractivity contribution >= 4 is 17.5 Å². The van der Waals surface area contributed by atoms with Crippen molar-refractivity contribution in [2.75, 3.05) is 11.9 Å². The summed E-state index contributed by atoms with van der Waals surface area (Å²) >= 11 is 0. The summed E-state index contributed by atoms with van der Waals surface area (Å²) in [5, 5.41) is 5.38. The first-order chi connectivity index (χ1) is 13.6. The minimum Gasteiger partial charge on any atom is -0.457 e. The lowest BCUT2D eigenvalue weighted by Crippen LogP contribution is -2.32. The summed E-state index contributed by atoms with van der Waals surface area (Å²) in [6.07, 6.45) is 0.944. The van der Waals surface area contributed by atoms with Gasteiger partial charge in [0.15, 0.2) is 0 Å². The maximum absolute atomic E-state index is 12.2. The largest absolute Gasteiger partial charge is 0.457 e. The monoisotopic (exact) mass is 374 g/mol. The summed E-state index contributed by atoms with van der Waals surface area (Å²) in [5.74, 6) is 0.767. The first-order valence-corrected chi connectivity index (χ1v) is 9.14. The molecule has 0 aromatic heterocycles. The second-order valence-corrected chi connectivity index (χ2v) is 6.22. The quantitative estimate of drug-likeness (QED) is 0.644. The SMILES string of the molecule is CCc1ccc(NC(=O)CNC(=O)c2ccc(Oc3ccccc3)cc2)cc1. The molecule has 5 heteroatoms. The maximum atomic E-state index is 12.2. The number of amides is 2. The van der Waals surface area contributed by atoms with Crippen molar-refractivity contribution in [3.05, 3.63) is 90.0 Å². The number of ether oxygens (including phenoxy) is 1. The van der Waals surface area contributed by atoms with Gasteiger partial charge in [-0.15, -0.1) is 0 Å². The Kier molecular flexibility index (Phi) is 6.41. The molecule has 0 spiro atoms. The van der Waals surface area contributed by atoms with E-state index < -0.39 is 0 Å². The molecule has 0 saturated carbocycles. The highest BCUT2D eigenvalue weighted by molar-refractivity contribution is 5.99. The number of anilines is 1. The molecule has 0 aliphatic heterocycles. The Morgan fingerprint density at radius 1 is 0.821 bits per heavy atom. The molecule has 2 amide bonds. The maximum Gasteiger partial charge on any atom is 0.251 e. The molecular formula is C23H22N2O3. The van der Waals surface area contributed by atoms with Crippen LogP contribution in [0.4, 0.5) is 5.69 Å². The van der Waals surface area contributed by atoms with Gasteiger partial charge in [-0.2, -0.15) is 0 Å². The Labute approximate surface area is 164 Å². The standard InChI is InChI=1S/C23H22N2O3/c1-2-17-8-12-19(13-9-17)25-22(26)16-24-23(27)18-10-14-21(15-11-18)28-20-6-4-3-5-7-20/h3-15H,2,16H2,1H3,(H,24,27)(H,25,26). The van der Waals surface area contributed by atoms with E-state index >= 15 is 0 Å². The van der Waals surface area contributed by atoms with Gasteiger partial charge < -0.3 is 15.4 Å². The molecule has 0 heterocycles. The van der Waals surface area contributed by atoms with Crippen molar-refractivity contribution in [2.24, 2.45) is 0 Å². The van der Waals surface area contributed by atoms with Gasteiger partial charge in [0, 0.05) is 11.3 Å². The van der Waals surface area contributed by atoms with Crippen molar-refractivity contribution in [3.8, 4) is 11.5 Å². The molecular weight excluding hydrogens is 352 g/mol. The highest BCUT2D eigenvalue weighted by Crippen LogP contribution is 2.21. The third-order valence-corrected chi connectivity index (χ3v) is 4.15. The molecule has 142 valence electrons. The van der Waals surface area contributed by atoms with Crippen LogP contribution in [-0.4, -0.2) is 18.4 Å². The first kappa shape index (κ1) is 19.2. The van der Waals surface area contributed by atoms with Crippen LogP contribution in [0.2, 0.25) is 0 Å². The van der Waals surface area contributed by atoms with Gasteiger partial charge in [-0.3, -0.25) is 9.59 Å². The zero-order chi connectivity index (χ0) is 19.8. The van der Waals surface area contributed by atoms with Crippen molar-refractivity contribution in [3.63, 3.8) is 0 Å². The van der Waals surface area contributed by atoms with Crippen LogP contribution in [0.5, 0.6) is 11.5 Å². The third kappa shape index (κ3) is 5.45. The van der Waals surface area contributed by atoms with E-state index in [1.807, 2.05) is 54.6 Å². The lowest BCUT2D eigenvalue weighted by Gasteiger charge is -2.09. The van der Waals surface area contributed by atoms with E-state index in [-0.39, 0.29) is 18.4 Å². The van der Waals surface area contributed by atoms with Gasteiger partial charge in [0.25, 0.3) is 5.91 Å². The fourth-order valence-corrected chi connectivity index (χ4v) is 2.59. The Hall–Kier alpha value is -3.60. The Morgan fingerprint density at radius 3 is 2.11 bits per heavy atom. The number of rotatable bonds is 7. The van der Waals surface area contributed by atoms with Gasteiger partial charge in [0.1, 0.15) is 11.5 Å². The number of carbonyl (C=O) groups is 2. The summed E-state index contributed by atoms with van der Waals surface area (Å²) in [5.41, 5.74) is 2.37. The number of aryl methyl sites for hydroxylation is 1. The average Bonchev–Trinajstić information content (AvgIpc) is 2.74. The highest BCUT2D eigenvalue weighted by atomic mass is 16.5. The van der Waals surface area contributed by atoms with Crippen LogP contribution in [0, 0.1) is 0 Å². The summed E-state index contributed by atoms with van der Waals surface area (Å²) < 4.78 is 5.70. The lowest BCUT2D eigenvalue weighted by molar-refractivity contribution is -0.115. The van der Waals surface area contributed by atoms with Crippen molar-refractivity contribution in [2.45, 2.75) is 13.3 Å². The molecule has 3 aromatic rings. The number of carbonyl (C=O) groups excluding carboxylic acids is 2. The van der Waals surface area contributed by atoms with Crippen LogP contribution in [0.1, 0.15) is 22.8 Å². The van der Waals surface area contributed by atoms with Gasteiger partial charge in [0.05, 0.1) is 6.54 Å². The van der Waals surface area contributed by atoms with E-state index in [2.05, 4.69) is 17.6 Å². The Morgan fingerprint density at radius 2 is 1.46 bits per heavy atom. The van der Waals surface area contributed by atoms with Gasteiger partial charge in [-0.1, -0.05) is 37.3 Å². The highest BCUT2D eigenvalue weighted by Gasteiger charge is 2.09. The normalized spacial score (nSPS) is 10.2. The average molecular weight is 374 g/mol. The second kappa shape index (κ2) is 9.37. The molecule has 0 aliphatic rings. The van der Waals surface area contributed by atoms with E-state index in [9.17, 15) is 9.59 Å².